The SMILES string of the molecule is CCOCCCn1c(SCC(=O)c2ccc(OC)cc2OC)nc2cc(Cl)ccc2c1=O. The minimum absolute atomic E-state index is 0.0899. The van der Waals surface area contributed by atoms with Crippen LogP contribution in [0.25, 0.3) is 10.9 Å². The fourth-order valence-electron chi connectivity index (χ4n) is 3.19. The van der Waals surface area contributed by atoms with Crippen LogP contribution in [0.4, 0.5) is 0 Å². The topological polar surface area (TPSA) is 79.7 Å². The number of ether oxygens (including phenoxy) is 3. The molecule has 0 atom stereocenters. The zero-order valence-electron chi connectivity index (χ0n) is 18.2. The Morgan fingerprint density at radius 3 is 2.69 bits per heavy atom. The fraction of sp³-hybridized carbons (Fsp3) is 0.348. The number of carbonyl (C=O) groups excluding carboxylic acids is 1. The standard InChI is InChI=1S/C23H25ClN2O5S/c1-4-31-11-5-10-26-22(28)17-8-6-15(24)12-19(17)25-23(26)32-14-20(27)18-9-7-16(29-2)13-21(18)30-3/h6-9,12-13H,4-5,10-11,14H2,1-3H3. The molecule has 0 radical (unpaired) electrons. The first kappa shape index (κ1) is 24.1. The van der Waals surface area contributed by atoms with Crippen molar-refractivity contribution in [3.63, 3.8) is 0 Å². The lowest BCUT2D eigenvalue weighted by Gasteiger charge is -2.14. The van der Waals surface area contributed by atoms with Gasteiger partial charge in [-0.2, -0.15) is 0 Å². The zero-order chi connectivity index (χ0) is 23.1. The molecule has 0 N–H and O–H groups in total. The van der Waals surface area contributed by atoms with Crippen molar-refractivity contribution < 1.29 is 19.0 Å². The molecule has 0 aliphatic carbocycles. The molecule has 1 aromatic heterocycles. The first-order valence-electron chi connectivity index (χ1n) is 10.1. The molecular weight excluding hydrogens is 452 g/mol. The largest absolute Gasteiger partial charge is 0.497 e. The van der Waals surface area contributed by atoms with Gasteiger partial charge >= 0.3 is 0 Å². The Bertz CT molecular complexity index is 1170. The number of aromatic nitrogens is 2. The second kappa shape index (κ2) is 11.4. The lowest BCUT2D eigenvalue weighted by molar-refractivity contribution is 0.101. The van der Waals surface area contributed by atoms with E-state index in [9.17, 15) is 9.59 Å². The van der Waals surface area contributed by atoms with Crippen LogP contribution in [-0.4, -0.2) is 48.5 Å². The molecule has 1 heterocycles. The summed E-state index contributed by atoms with van der Waals surface area (Å²) in [5.41, 5.74) is 0.774. The van der Waals surface area contributed by atoms with E-state index in [-0.39, 0.29) is 17.1 Å². The summed E-state index contributed by atoms with van der Waals surface area (Å²) in [5.74, 6) is 0.979. The summed E-state index contributed by atoms with van der Waals surface area (Å²) in [7, 11) is 3.05. The molecule has 0 aliphatic heterocycles. The molecule has 0 bridgehead atoms. The Kier molecular flexibility index (Phi) is 8.55. The van der Waals surface area contributed by atoms with E-state index in [0.717, 1.165) is 0 Å². The molecule has 0 spiro atoms. The average Bonchev–Trinajstić information content (AvgIpc) is 2.80. The van der Waals surface area contributed by atoms with E-state index in [0.29, 0.717) is 64.3 Å². The third-order valence-electron chi connectivity index (χ3n) is 4.80. The maximum atomic E-state index is 13.1. The van der Waals surface area contributed by atoms with Gasteiger partial charge in [-0.1, -0.05) is 23.4 Å². The van der Waals surface area contributed by atoms with Crippen LogP contribution in [-0.2, 0) is 11.3 Å². The van der Waals surface area contributed by atoms with Gasteiger partial charge in [0.15, 0.2) is 10.9 Å². The zero-order valence-corrected chi connectivity index (χ0v) is 19.8. The van der Waals surface area contributed by atoms with E-state index in [1.807, 2.05) is 6.92 Å². The minimum Gasteiger partial charge on any atom is -0.497 e. The third kappa shape index (κ3) is 5.62. The highest BCUT2D eigenvalue weighted by molar-refractivity contribution is 7.99. The fourth-order valence-corrected chi connectivity index (χ4v) is 4.26. The highest BCUT2D eigenvalue weighted by Gasteiger charge is 2.17. The molecule has 0 saturated carbocycles. The molecule has 2 aromatic carbocycles. The van der Waals surface area contributed by atoms with Crippen molar-refractivity contribution in [1.82, 2.24) is 9.55 Å². The molecule has 32 heavy (non-hydrogen) atoms. The first-order valence-corrected chi connectivity index (χ1v) is 11.5. The van der Waals surface area contributed by atoms with Gasteiger partial charge < -0.3 is 14.2 Å². The number of hydrogen-bond acceptors (Lipinski definition) is 7. The van der Waals surface area contributed by atoms with Gasteiger partial charge in [-0.3, -0.25) is 14.2 Å². The molecule has 0 amide bonds. The molecule has 9 heteroatoms. The Labute approximate surface area is 195 Å². The van der Waals surface area contributed by atoms with Crippen molar-refractivity contribution in [2.24, 2.45) is 0 Å². The lowest BCUT2D eigenvalue weighted by Crippen LogP contribution is -2.24. The summed E-state index contributed by atoms with van der Waals surface area (Å²) in [6.45, 7) is 3.51. The molecule has 3 aromatic rings. The van der Waals surface area contributed by atoms with Crippen LogP contribution in [0, 0.1) is 0 Å². The van der Waals surface area contributed by atoms with E-state index in [1.54, 1.807) is 48.1 Å². The van der Waals surface area contributed by atoms with Crippen LogP contribution >= 0.6 is 23.4 Å². The molecular formula is C23H25ClN2O5S. The number of nitrogens with zero attached hydrogens (tertiary/aromatic N) is 2. The van der Waals surface area contributed by atoms with E-state index < -0.39 is 0 Å². The molecule has 0 unspecified atom stereocenters. The van der Waals surface area contributed by atoms with Crippen LogP contribution < -0.4 is 15.0 Å². The van der Waals surface area contributed by atoms with E-state index in [1.165, 1.54) is 18.9 Å². The summed E-state index contributed by atoms with van der Waals surface area (Å²) in [6, 6.07) is 10.0. The average molecular weight is 477 g/mol. The Balaban J connectivity index is 1.89. The molecule has 0 fully saturated rings. The number of ketones is 1. The Hall–Kier alpha value is -2.55. The van der Waals surface area contributed by atoms with Crippen LogP contribution in [0.1, 0.15) is 23.7 Å². The Morgan fingerprint density at radius 2 is 1.97 bits per heavy atom. The van der Waals surface area contributed by atoms with Gasteiger partial charge in [0.25, 0.3) is 5.56 Å². The molecule has 0 aliphatic rings. The predicted octanol–water partition coefficient (Wildman–Crippen LogP) is 4.47. The summed E-state index contributed by atoms with van der Waals surface area (Å²) in [5, 5.41) is 1.44. The number of fused-ring (bicyclic) bond motifs is 1. The summed E-state index contributed by atoms with van der Waals surface area (Å²) in [6.07, 6.45) is 0.655. The Morgan fingerprint density at radius 1 is 1.16 bits per heavy atom. The van der Waals surface area contributed by atoms with Crippen molar-refractivity contribution in [2.45, 2.75) is 25.0 Å². The third-order valence-corrected chi connectivity index (χ3v) is 6.01. The predicted molar refractivity (Wildman–Crippen MR) is 127 cm³/mol. The minimum atomic E-state index is -0.167. The summed E-state index contributed by atoms with van der Waals surface area (Å²) >= 11 is 7.31. The summed E-state index contributed by atoms with van der Waals surface area (Å²) < 4.78 is 17.5. The van der Waals surface area contributed by atoms with E-state index >= 15 is 0 Å². The number of carbonyl (C=O) groups is 1. The van der Waals surface area contributed by atoms with Crippen molar-refractivity contribution in [3.05, 3.63) is 57.3 Å². The molecule has 7 nitrogen and oxygen atoms in total. The van der Waals surface area contributed by atoms with Crippen LogP contribution in [0.5, 0.6) is 11.5 Å². The second-order valence-corrected chi connectivity index (χ2v) is 8.22. The van der Waals surface area contributed by atoms with Gasteiger partial charge in [-0.25, -0.2) is 4.98 Å². The van der Waals surface area contributed by atoms with E-state index in [4.69, 9.17) is 25.8 Å². The monoisotopic (exact) mass is 476 g/mol. The number of methoxy groups -OCH3 is 2. The van der Waals surface area contributed by atoms with Crippen LogP contribution in [0.15, 0.2) is 46.3 Å². The molecule has 170 valence electrons. The van der Waals surface area contributed by atoms with Gasteiger partial charge in [-0.05, 0) is 43.7 Å². The molecule has 3 rings (SSSR count). The van der Waals surface area contributed by atoms with Gasteiger partial charge in [-0.15, -0.1) is 0 Å². The van der Waals surface area contributed by atoms with Gasteiger partial charge in [0, 0.05) is 30.8 Å². The van der Waals surface area contributed by atoms with Gasteiger partial charge in [0.05, 0.1) is 36.4 Å². The smallest absolute Gasteiger partial charge is 0.262 e. The van der Waals surface area contributed by atoms with Crippen molar-refractivity contribution in [1.29, 1.82) is 0 Å². The van der Waals surface area contributed by atoms with Crippen LogP contribution in [0.3, 0.4) is 0 Å². The number of halogens is 1. The first-order chi connectivity index (χ1) is 15.5. The normalized spacial score (nSPS) is 11.0. The number of benzene rings is 2. The maximum absolute atomic E-state index is 13.1. The molecule has 0 saturated heterocycles. The number of thioether (sulfide) groups is 1. The maximum Gasteiger partial charge on any atom is 0.262 e. The highest BCUT2D eigenvalue weighted by atomic mass is 35.5. The second-order valence-electron chi connectivity index (χ2n) is 6.84. The van der Waals surface area contributed by atoms with Crippen molar-refractivity contribution in [2.75, 3.05) is 33.2 Å². The highest BCUT2D eigenvalue weighted by Crippen LogP contribution is 2.27. The quantitative estimate of drug-likeness (QED) is 0.175. The van der Waals surface area contributed by atoms with Crippen LogP contribution in [0.2, 0.25) is 5.02 Å². The van der Waals surface area contributed by atoms with Crippen molar-refractivity contribution in [3.8, 4) is 11.5 Å². The van der Waals surface area contributed by atoms with E-state index in [2.05, 4.69) is 4.98 Å². The van der Waals surface area contributed by atoms with Gasteiger partial charge in [0.2, 0.25) is 0 Å². The number of Topliss-reactive ketones (excluding diaryl/α,β-unsaturated/α-hetero) is 1. The number of hydrogen-bond donors (Lipinski definition) is 0. The number of rotatable bonds is 11. The van der Waals surface area contributed by atoms with Crippen molar-refractivity contribution >= 4 is 40.0 Å². The van der Waals surface area contributed by atoms with Gasteiger partial charge in [0.1, 0.15) is 11.5 Å². The summed E-state index contributed by atoms with van der Waals surface area (Å²) in [4.78, 5) is 30.7. The lowest BCUT2D eigenvalue weighted by atomic mass is 10.1.